The topological polar surface area (TPSA) is 95.4 Å². The molecule has 1 heterocycles. The first-order valence-corrected chi connectivity index (χ1v) is 10.0. The number of piperidine rings is 1. The molecule has 0 spiro atoms. The van der Waals surface area contributed by atoms with Crippen LogP contribution in [-0.2, 0) is 19.7 Å². The van der Waals surface area contributed by atoms with Crippen LogP contribution in [0.15, 0.2) is 0 Å². The van der Waals surface area contributed by atoms with Gasteiger partial charge in [0, 0.05) is 12.8 Å². The summed E-state index contributed by atoms with van der Waals surface area (Å²) in [5, 5.41) is 4.24. The van der Waals surface area contributed by atoms with E-state index in [9.17, 15) is 43.2 Å². The number of halogens is 6. The summed E-state index contributed by atoms with van der Waals surface area (Å²) in [5.74, 6) is 0. The zero-order valence-electron chi connectivity index (χ0n) is 12.9. The molecule has 1 fully saturated rings. The Morgan fingerprint density at radius 1 is 1.12 bits per heavy atom. The molecule has 25 heavy (non-hydrogen) atoms. The van der Waals surface area contributed by atoms with Gasteiger partial charge in [-0.25, -0.2) is 16.8 Å². The number of nitrogens with zero attached hydrogens (tertiary/aromatic N) is 1. The summed E-state index contributed by atoms with van der Waals surface area (Å²) < 4.78 is 126. The highest BCUT2D eigenvalue weighted by Gasteiger charge is 2.71. The van der Waals surface area contributed by atoms with Gasteiger partial charge < -0.3 is 5.41 Å². The molecule has 1 rings (SSSR count). The summed E-state index contributed by atoms with van der Waals surface area (Å²) in [6, 6.07) is 0. The van der Waals surface area contributed by atoms with Crippen LogP contribution in [0.4, 0.5) is 26.3 Å². The van der Waals surface area contributed by atoms with Gasteiger partial charge in [-0.3, -0.25) is 4.90 Å². The third-order valence-corrected chi connectivity index (χ3v) is 8.25. The standard InChI is InChI=1S/C11H16F6N2O4S2/c1-2-5-19-6-3-4-8(24(20,21)10(12,13)14)9(19,7-18)25(22,23)11(15,16)17/h7-8,18H,2-6H2,1H3. The molecule has 0 aromatic rings. The highest BCUT2D eigenvalue weighted by molar-refractivity contribution is 7.97. The Hall–Kier alpha value is -0.890. The second-order valence-corrected chi connectivity index (χ2v) is 9.70. The van der Waals surface area contributed by atoms with Crippen LogP contribution in [0.2, 0.25) is 0 Å². The smallest absolute Gasteiger partial charge is 0.310 e. The Balaban J connectivity index is 3.85. The summed E-state index contributed by atoms with van der Waals surface area (Å²) in [4.78, 5) is -3.17. The Kier molecular flexibility index (Phi) is 5.92. The average molecular weight is 418 g/mol. The largest absolute Gasteiger partial charge is 0.499 e. The van der Waals surface area contributed by atoms with Crippen molar-refractivity contribution in [2.24, 2.45) is 0 Å². The normalized spacial score (nSPS) is 27.2. The van der Waals surface area contributed by atoms with E-state index in [4.69, 9.17) is 5.41 Å². The fourth-order valence-corrected chi connectivity index (χ4v) is 6.67. The van der Waals surface area contributed by atoms with Crippen molar-refractivity contribution in [3.05, 3.63) is 0 Å². The molecular formula is C11H16F6N2O4S2. The van der Waals surface area contributed by atoms with Crippen molar-refractivity contribution in [3.63, 3.8) is 0 Å². The zero-order chi connectivity index (χ0) is 19.9. The highest BCUT2D eigenvalue weighted by Crippen LogP contribution is 2.46. The molecular weight excluding hydrogens is 402 g/mol. The minimum atomic E-state index is -6.47. The predicted molar refractivity (Wildman–Crippen MR) is 76.4 cm³/mol. The molecule has 0 amide bonds. The molecule has 0 saturated carbocycles. The molecule has 1 aliphatic heterocycles. The number of sulfone groups is 2. The molecule has 0 aliphatic carbocycles. The van der Waals surface area contributed by atoms with Gasteiger partial charge in [-0.05, 0) is 25.8 Å². The molecule has 1 aliphatic rings. The molecule has 0 radical (unpaired) electrons. The lowest BCUT2D eigenvalue weighted by Gasteiger charge is -2.48. The summed E-state index contributed by atoms with van der Waals surface area (Å²) in [7, 11) is -12.8. The number of hydrogen-bond acceptors (Lipinski definition) is 6. The van der Waals surface area contributed by atoms with E-state index in [0.717, 1.165) is 0 Å². The molecule has 0 bridgehead atoms. The number of nitrogens with one attached hydrogen (secondary N) is 1. The van der Waals surface area contributed by atoms with Crippen molar-refractivity contribution in [1.82, 2.24) is 4.90 Å². The maximum atomic E-state index is 13.1. The Bertz CT molecular complexity index is 714. The second-order valence-electron chi connectivity index (χ2n) is 5.45. The maximum absolute atomic E-state index is 13.1. The second kappa shape index (κ2) is 6.68. The molecule has 6 nitrogen and oxygen atoms in total. The first-order valence-electron chi connectivity index (χ1n) is 6.99. The van der Waals surface area contributed by atoms with E-state index in [1.54, 1.807) is 0 Å². The highest BCUT2D eigenvalue weighted by atomic mass is 32.2. The van der Waals surface area contributed by atoms with Crippen LogP contribution < -0.4 is 0 Å². The molecule has 1 N–H and O–H groups in total. The van der Waals surface area contributed by atoms with Crippen LogP contribution in [0.25, 0.3) is 0 Å². The van der Waals surface area contributed by atoms with Crippen LogP contribution in [0, 0.1) is 5.41 Å². The first kappa shape index (κ1) is 22.2. The van der Waals surface area contributed by atoms with Gasteiger partial charge in [0.15, 0.2) is 4.87 Å². The van der Waals surface area contributed by atoms with E-state index < -0.39 is 53.8 Å². The van der Waals surface area contributed by atoms with Crippen molar-refractivity contribution in [1.29, 1.82) is 5.41 Å². The van der Waals surface area contributed by atoms with Gasteiger partial charge >= 0.3 is 11.0 Å². The van der Waals surface area contributed by atoms with Gasteiger partial charge in [0.25, 0.3) is 19.7 Å². The number of likely N-dealkylation sites (tertiary alicyclic amines) is 1. The molecule has 148 valence electrons. The molecule has 0 aromatic carbocycles. The molecule has 1 saturated heterocycles. The van der Waals surface area contributed by atoms with E-state index in [-0.39, 0.29) is 25.6 Å². The Morgan fingerprint density at radius 2 is 1.64 bits per heavy atom. The van der Waals surface area contributed by atoms with Crippen LogP contribution in [0.3, 0.4) is 0 Å². The summed E-state index contributed by atoms with van der Waals surface area (Å²) in [6.45, 7) is 0.619. The molecule has 2 atom stereocenters. The van der Waals surface area contributed by atoms with E-state index in [1.165, 1.54) is 6.92 Å². The van der Waals surface area contributed by atoms with Crippen LogP contribution in [0.1, 0.15) is 26.2 Å². The van der Waals surface area contributed by atoms with Crippen LogP contribution in [0.5, 0.6) is 0 Å². The molecule has 14 heteroatoms. The lowest BCUT2D eigenvalue weighted by Crippen LogP contribution is -2.70. The Labute approximate surface area is 140 Å². The third-order valence-electron chi connectivity index (χ3n) is 3.98. The summed E-state index contributed by atoms with van der Waals surface area (Å²) >= 11 is 0. The van der Waals surface area contributed by atoms with Gasteiger partial charge in [0.1, 0.15) is 5.25 Å². The molecule has 2 unspecified atom stereocenters. The predicted octanol–water partition coefficient (Wildman–Crippen LogP) is 2.08. The molecule has 0 aromatic heterocycles. The van der Waals surface area contributed by atoms with Crippen molar-refractivity contribution in [2.75, 3.05) is 13.1 Å². The van der Waals surface area contributed by atoms with Crippen molar-refractivity contribution >= 4 is 25.9 Å². The zero-order valence-corrected chi connectivity index (χ0v) is 14.5. The number of alkyl halides is 6. The van der Waals surface area contributed by atoms with E-state index in [0.29, 0.717) is 4.90 Å². The van der Waals surface area contributed by atoms with Crippen LogP contribution >= 0.6 is 0 Å². The number of rotatable bonds is 5. The minimum Gasteiger partial charge on any atom is -0.310 e. The van der Waals surface area contributed by atoms with E-state index in [1.807, 2.05) is 0 Å². The lowest BCUT2D eigenvalue weighted by molar-refractivity contribution is -0.0521. The monoisotopic (exact) mass is 418 g/mol. The fraction of sp³-hybridized carbons (Fsp3) is 0.909. The van der Waals surface area contributed by atoms with Crippen LogP contribution in [-0.4, -0.2) is 62.2 Å². The Morgan fingerprint density at radius 3 is 2.00 bits per heavy atom. The first-order chi connectivity index (χ1) is 11.1. The minimum absolute atomic E-state index is 0.0434. The SMILES string of the molecule is CCCN1CCCC(S(=O)(=O)C(F)(F)F)C1(C=N)S(=O)(=O)C(F)(F)F. The van der Waals surface area contributed by atoms with E-state index >= 15 is 0 Å². The quantitative estimate of drug-likeness (QED) is 0.545. The van der Waals surface area contributed by atoms with Gasteiger partial charge in [-0.1, -0.05) is 6.92 Å². The van der Waals surface area contributed by atoms with Gasteiger partial charge in [0.05, 0.1) is 0 Å². The van der Waals surface area contributed by atoms with Crippen molar-refractivity contribution in [2.45, 2.75) is 47.3 Å². The lowest BCUT2D eigenvalue weighted by atomic mass is 10.0. The maximum Gasteiger partial charge on any atom is 0.499 e. The van der Waals surface area contributed by atoms with Gasteiger partial charge in [-0.15, -0.1) is 0 Å². The van der Waals surface area contributed by atoms with E-state index in [2.05, 4.69) is 0 Å². The van der Waals surface area contributed by atoms with Crippen molar-refractivity contribution < 1.29 is 43.2 Å². The number of hydrogen-bond donors (Lipinski definition) is 1. The summed E-state index contributed by atoms with van der Waals surface area (Å²) in [5.41, 5.74) is -12.0. The summed E-state index contributed by atoms with van der Waals surface area (Å²) in [6.07, 6.45) is -1.52. The fourth-order valence-electron chi connectivity index (χ4n) is 2.94. The van der Waals surface area contributed by atoms with Crippen molar-refractivity contribution in [3.8, 4) is 0 Å². The van der Waals surface area contributed by atoms with Gasteiger partial charge in [0.2, 0.25) is 0 Å². The average Bonchev–Trinajstić information content (AvgIpc) is 2.44. The third kappa shape index (κ3) is 3.27. The van der Waals surface area contributed by atoms with Gasteiger partial charge in [-0.2, -0.15) is 26.3 Å².